The van der Waals surface area contributed by atoms with Gasteiger partial charge in [-0.15, -0.1) is 13.2 Å². The van der Waals surface area contributed by atoms with Crippen LogP contribution in [-0.4, -0.2) is 44.8 Å². The molecule has 22 heavy (non-hydrogen) atoms. The molecule has 0 spiro atoms. The van der Waals surface area contributed by atoms with Crippen LogP contribution in [0.3, 0.4) is 0 Å². The largest absolute Gasteiger partial charge is 0.376 e. The van der Waals surface area contributed by atoms with Gasteiger partial charge >= 0.3 is 0 Å². The summed E-state index contributed by atoms with van der Waals surface area (Å²) in [6.45, 7) is 9.50. The Bertz CT molecular complexity index is 637. The Morgan fingerprint density at radius 1 is 1.32 bits per heavy atom. The minimum Gasteiger partial charge on any atom is -0.376 e. The smallest absolute Gasteiger partial charge is 0.243 e. The van der Waals surface area contributed by atoms with Crippen molar-refractivity contribution in [3.05, 3.63) is 55.1 Å². The number of rotatable bonds is 10. The van der Waals surface area contributed by atoms with Crippen LogP contribution in [0, 0.1) is 0 Å². The molecule has 1 aromatic rings. The molecule has 0 N–H and O–H groups in total. The molecule has 0 bridgehead atoms. The van der Waals surface area contributed by atoms with Crippen molar-refractivity contribution >= 4 is 15.8 Å². The minimum absolute atomic E-state index is 0.0887. The molecule has 0 unspecified atom stereocenters. The van der Waals surface area contributed by atoms with Gasteiger partial charge in [0.2, 0.25) is 10.0 Å². The van der Waals surface area contributed by atoms with Gasteiger partial charge in [-0.2, -0.15) is 4.31 Å². The molecule has 0 aliphatic heterocycles. The standard InChI is InChI=1S/C16H21NO4S/c1-4-9-17(10-12-21-11-5-2)22(19,20)16-8-6-7-15(13-16)14(3)18/h4-8,13H,1-2,9-12H2,3H3. The highest BCUT2D eigenvalue weighted by Crippen LogP contribution is 2.17. The van der Waals surface area contributed by atoms with Crippen LogP contribution >= 0.6 is 0 Å². The number of ether oxygens (including phenoxy) is 1. The second-order valence-corrected chi connectivity index (χ2v) is 6.54. The first kappa shape index (κ1) is 18.3. The molecule has 120 valence electrons. The lowest BCUT2D eigenvalue weighted by molar-refractivity contribution is 0.101. The number of sulfonamides is 1. The maximum atomic E-state index is 12.7. The quantitative estimate of drug-likeness (QED) is 0.376. The summed E-state index contributed by atoms with van der Waals surface area (Å²) >= 11 is 0. The zero-order chi connectivity index (χ0) is 16.6. The van der Waals surface area contributed by atoms with Crippen LogP contribution in [0.2, 0.25) is 0 Å². The predicted octanol–water partition coefficient (Wildman–Crippen LogP) is 2.27. The minimum atomic E-state index is -3.70. The van der Waals surface area contributed by atoms with E-state index in [1.54, 1.807) is 18.2 Å². The summed E-state index contributed by atoms with van der Waals surface area (Å²) in [4.78, 5) is 11.5. The van der Waals surface area contributed by atoms with Crippen molar-refractivity contribution in [2.75, 3.05) is 26.3 Å². The van der Waals surface area contributed by atoms with E-state index in [0.717, 1.165) is 0 Å². The Hall–Kier alpha value is -1.76. The van der Waals surface area contributed by atoms with E-state index in [1.165, 1.54) is 29.4 Å². The lowest BCUT2D eigenvalue weighted by Gasteiger charge is -2.20. The van der Waals surface area contributed by atoms with Crippen molar-refractivity contribution < 1.29 is 17.9 Å². The van der Waals surface area contributed by atoms with Crippen molar-refractivity contribution in [2.45, 2.75) is 11.8 Å². The van der Waals surface area contributed by atoms with Gasteiger partial charge in [-0.25, -0.2) is 8.42 Å². The number of Topliss-reactive ketones (excluding diaryl/α,β-unsaturated/α-hetero) is 1. The Morgan fingerprint density at radius 2 is 2.05 bits per heavy atom. The van der Waals surface area contributed by atoms with Gasteiger partial charge in [0.05, 0.1) is 18.1 Å². The first-order valence-corrected chi connectivity index (χ1v) is 8.28. The monoisotopic (exact) mass is 323 g/mol. The third-order valence-corrected chi connectivity index (χ3v) is 4.79. The van der Waals surface area contributed by atoms with Crippen LogP contribution in [0.1, 0.15) is 17.3 Å². The Kier molecular flexibility index (Phi) is 7.17. The fourth-order valence-electron chi connectivity index (χ4n) is 1.81. The summed E-state index contributed by atoms with van der Waals surface area (Å²) < 4.78 is 31.8. The van der Waals surface area contributed by atoms with Gasteiger partial charge in [-0.05, 0) is 19.1 Å². The van der Waals surface area contributed by atoms with E-state index >= 15 is 0 Å². The molecular formula is C16H21NO4S. The number of carbonyl (C=O) groups excluding carboxylic acids is 1. The Morgan fingerprint density at radius 3 is 2.64 bits per heavy atom. The molecule has 0 aromatic heterocycles. The fraction of sp³-hybridized carbons (Fsp3) is 0.312. The second kappa shape index (κ2) is 8.63. The molecule has 5 nitrogen and oxygen atoms in total. The highest BCUT2D eigenvalue weighted by molar-refractivity contribution is 7.89. The van der Waals surface area contributed by atoms with Gasteiger partial charge in [-0.3, -0.25) is 4.79 Å². The van der Waals surface area contributed by atoms with Crippen molar-refractivity contribution in [1.82, 2.24) is 4.31 Å². The predicted molar refractivity (Wildman–Crippen MR) is 86.4 cm³/mol. The molecule has 0 aliphatic carbocycles. The molecule has 0 fully saturated rings. The molecule has 0 aliphatic rings. The third kappa shape index (κ3) is 4.91. The molecule has 0 heterocycles. The summed E-state index contributed by atoms with van der Waals surface area (Å²) in [7, 11) is -3.70. The summed E-state index contributed by atoms with van der Waals surface area (Å²) in [5.41, 5.74) is 0.363. The van der Waals surface area contributed by atoms with E-state index < -0.39 is 10.0 Å². The summed E-state index contributed by atoms with van der Waals surface area (Å²) in [6, 6.07) is 6.01. The maximum absolute atomic E-state index is 12.7. The molecule has 0 radical (unpaired) electrons. The lowest BCUT2D eigenvalue weighted by atomic mass is 10.2. The Labute approximate surface area is 131 Å². The zero-order valence-electron chi connectivity index (χ0n) is 12.7. The average Bonchev–Trinajstić information content (AvgIpc) is 2.50. The molecule has 0 saturated carbocycles. The van der Waals surface area contributed by atoms with Crippen molar-refractivity contribution in [3.63, 3.8) is 0 Å². The van der Waals surface area contributed by atoms with Crippen molar-refractivity contribution in [2.24, 2.45) is 0 Å². The van der Waals surface area contributed by atoms with Gasteiger partial charge in [-0.1, -0.05) is 24.3 Å². The van der Waals surface area contributed by atoms with E-state index in [-0.39, 0.29) is 30.4 Å². The van der Waals surface area contributed by atoms with E-state index in [1.807, 2.05) is 0 Å². The van der Waals surface area contributed by atoms with E-state index in [0.29, 0.717) is 12.2 Å². The van der Waals surface area contributed by atoms with Gasteiger partial charge in [0.25, 0.3) is 0 Å². The molecule has 0 atom stereocenters. The number of hydrogen-bond donors (Lipinski definition) is 0. The molecular weight excluding hydrogens is 302 g/mol. The van der Waals surface area contributed by atoms with Crippen LogP contribution in [0.4, 0.5) is 0 Å². The normalized spacial score (nSPS) is 11.4. The topological polar surface area (TPSA) is 63.7 Å². The average molecular weight is 323 g/mol. The van der Waals surface area contributed by atoms with Crippen LogP contribution in [-0.2, 0) is 14.8 Å². The number of hydrogen-bond acceptors (Lipinski definition) is 4. The highest BCUT2D eigenvalue weighted by Gasteiger charge is 2.23. The molecule has 0 saturated heterocycles. The van der Waals surface area contributed by atoms with Crippen molar-refractivity contribution in [1.29, 1.82) is 0 Å². The van der Waals surface area contributed by atoms with Crippen molar-refractivity contribution in [3.8, 4) is 0 Å². The highest BCUT2D eigenvalue weighted by atomic mass is 32.2. The fourth-order valence-corrected chi connectivity index (χ4v) is 3.25. The Balaban J connectivity index is 3.00. The SMILES string of the molecule is C=CCOCCN(CC=C)S(=O)(=O)c1cccc(C(C)=O)c1. The van der Waals surface area contributed by atoms with Crippen LogP contribution in [0.5, 0.6) is 0 Å². The number of nitrogens with zero attached hydrogens (tertiary/aromatic N) is 1. The van der Waals surface area contributed by atoms with Gasteiger partial charge in [0.15, 0.2) is 5.78 Å². The van der Waals surface area contributed by atoms with Crippen LogP contribution < -0.4 is 0 Å². The van der Waals surface area contributed by atoms with Crippen LogP contribution in [0.15, 0.2) is 54.5 Å². The van der Waals surface area contributed by atoms with E-state index in [9.17, 15) is 13.2 Å². The lowest BCUT2D eigenvalue weighted by Crippen LogP contribution is -2.34. The number of ketones is 1. The summed E-state index contributed by atoms with van der Waals surface area (Å²) in [6.07, 6.45) is 3.11. The molecule has 0 amide bonds. The summed E-state index contributed by atoms with van der Waals surface area (Å²) in [5, 5.41) is 0. The van der Waals surface area contributed by atoms with Crippen LogP contribution in [0.25, 0.3) is 0 Å². The molecule has 6 heteroatoms. The number of carbonyl (C=O) groups is 1. The van der Waals surface area contributed by atoms with Gasteiger partial charge < -0.3 is 4.74 Å². The molecule has 1 rings (SSSR count). The second-order valence-electron chi connectivity index (χ2n) is 4.60. The van der Waals surface area contributed by atoms with Gasteiger partial charge in [0, 0.05) is 18.7 Å². The number of benzene rings is 1. The summed E-state index contributed by atoms with van der Waals surface area (Å²) in [5.74, 6) is -0.179. The first-order chi connectivity index (χ1) is 10.4. The first-order valence-electron chi connectivity index (χ1n) is 6.84. The van der Waals surface area contributed by atoms with E-state index in [2.05, 4.69) is 13.2 Å². The van der Waals surface area contributed by atoms with E-state index in [4.69, 9.17) is 4.74 Å². The third-order valence-electron chi connectivity index (χ3n) is 2.93. The maximum Gasteiger partial charge on any atom is 0.243 e. The van der Waals surface area contributed by atoms with Gasteiger partial charge in [0.1, 0.15) is 0 Å². The molecule has 1 aromatic carbocycles. The zero-order valence-corrected chi connectivity index (χ0v) is 13.5.